The van der Waals surface area contributed by atoms with Gasteiger partial charge in [-0.05, 0) is 5.56 Å². The lowest BCUT2D eigenvalue weighted by Gasteiger charge is -2.40. The van der Waals surface area contributed by atoms with Crippen molar-refractivity contribution in [1.29, 1.82) is 0 Å². The fraction of sp³-hybridized carbons (Fsp3) is 0.538. The summed E-state index contributed by atoms with van der Waals surface area (Å²) in [5.74, 6) is -19.4. The summed E-state index contributed by atoms with van der Waals surface area (Å²) in [5.41, 5.74) is -0.435. The van der Waals surface area contributed by atoms with Crippen molar-refractivity contribution in [3.8, 4) is 0 Å². The maximum Gasteiger partial charge on any atom is 0.459 e. The molecule has 0 spiro atoms. The number of benzene rings is 1. The molecule has 150 valence electrons. The standard InChI is InChI=1S/C13H8F12O/c14-9(12(21,22)13(23,24)25,8(10(15,16)17)11(18,19)20)26-6-7-4-2-1-3-5-7/h1-5,8H,6H2. The highest BCUT2D eigenvalue weighted by atomic mass is 19.4. The van der Waals surface area contributed by atoms with Crippen molar-refractivity contribution >= 4 is 0 Å². The van der Waals surface area contributed by atoms with Crippen LogP contribution in [-0.4, -0.2) is 30.3 Å². The van der Waals surface area contributed by atoms with E-state index in [4.69, 9.17) is 0 Å². The highest BCUT2D eigenvalue weighted by Crippen LogP contribution is 2.57. The van der Waals surface area contributed by atoms with Gasteiger partial charge in [0.2, 0.25) is 5.92 Å². The van der Waals surface area contributed by atoms with Crippen LogP contribution >= 0.6 is 0 Å². The molecule has 0 aliphatic carbocycles. The molecule has 0 amide bonds. The van der Waals surface area contributed by atoms with Crippen LogP contribution < -0.4 is 0 Å². The summed E-state index contributed by atoms with van der Waals surface area (Å²) >= 11 is 0. The summed E-state index contributed by atoms with van der Waals surface area (Å²) in [6.45, 7) is -1.70. The Balaban J connectivity index is 3.50. The van der Waals surface area contributed by atoms with Crippen LogP contribution in [0.2, 0.25) is 0 Å². The Labute approximate surface area is 137 Å². The number of hydrogen-bond acceptors (Lipinski definition) is 1. The van der Waals surface area contributed by atoms with E-state index in [-0.39, 0.29) is 0 Å². The third-order valence-electron chi connectivity index (χ3n) is 3.10. The predicted octanol–water partition coefficient (Wildman–Crippen LogP) is 5.81. The van der Waals surface area contributed by atoms with Gasteiger partial charge < -0.3 is 4.74 Å². The molecule has 1 aromatic rings. The van der Waals surface area contributed by atoms with Gasteiger partial charge >= 0.3 is 30.3 Å². The number of alkyl halides is 12. The molecule has 1 nitrogen and oxygen atoms in total. The first-order chi connectivity index (χ1) is 11.4. The van der Waals surface area contributed by atoms with Crippen LogP contribution in [0.3, 0.4) is 0 Å². The van der Waals surface area contributed by atoms with Crippen LogP contribution in [0.4, 0.5) is 52.7 Å². The SMILES string of the molecule is FC(F)(F)C(C(F)(F)F)C(F)(OCc1ccccc1)C(F)(F)C(F)(F)F. The third-order valence-corrected chi connectivity index (χ3v) is 3.10. The summed E-state index contributed by atoms with van der Waals surface area (Å²) < 4.78 is 157. The zero-order valence-corrected chi connectivity index (χ0v) is 12.1. The second-order valence-electron chi connectivity index (χ2n) is 5.01. The molecule has 0 fully saturated rings. The minimum Gasteiger partial charge on any atom is -0.335 e. The van der Waals surface area contributed by atoms with Crippen LogP contribution in [0.25, 0.3) is 0 Å². The zero-order valence-electron chi connectivity index (χ0n) is 12.1. The number of rotatable bonds is 5. The summed E-state index contributed by atoms with van der Waals surface area (Å²) in [6, 6.07) is 5.33. The second kappa shape index (κ2) is 6.82. The quantitative estimate of drug-likeness (QED) is 0.559. The lowest BCUT2D eigenvalue weighted by atomic mass is 9.92. The smallest absolute Gasteiger partial charge is 0.335 e. The lowest BCUT2D eigenvalue weighted by Crippen LogP contribution is -2.66. The molecule has 0 saturated carbocycles. The molecule has 0 aromatic heterocycles. The zero-order chi connectivity index (χ0) is 20.6. The van der Waals surface area contributed by atoms with Gasteiger partial charge in [-0.25, -0.2) is 4.39 Å². The van der Waals surface area contributed by atoms with Crippen molar-refractivity contribution in [2.75, 3.05) is 0 Å². The average molecular weight is 408 g/mol. The van der Waals surface area contributed by atoms with Crippen LogP contribution in [0.15, 0.2) is 30.3 Å². The molecule has 1 atom stereocenters. The number of hydrogen-bond donors (Lipinski definition) is 0. The Morgan fingerprint density at radius 1 is 0.692 bits per heavy atom. The van der Waals surface area contributed by atoms with Crippen LogP contribution in [0.1, 0.15) is 5.56 Å². The van der Waals surface area contributed by atoms with Gasteiger partial charge in [0, 0.05) is 0 Å². The van der Waals surface area contributed by atoms with Gasteiger partial charge in [-0.15, -0.1) is 0 Å². The van der Waals surface area contributed by atoms with E-state index in [1.54, 1.807) is 0 Å². The number of halogens is 12. The molecule has 0 N–H and O–H groups in total. The first kappa shape index (κ1) is 22.4. The normalized spacial score (nSPS) is 16.7. The van der Waals surface area contributed by atoms with Gasteiger partial charge in [0.1, 0.15) is 0 Å². The second-order valence-corrected chi connectivity index (χ2v) is 5.01. The molecule has 0 bridgehead atoms. The molecular weight excluding hydrogens is 400 g/mol. The van der Waals surface area contributed by atoms with Crippen molar-refractivity contribution in [3.63, 3.8) is 0 Å². The maximum absolute atomic E-state index is 14.3. The van der Waals surface area contributed by atoms with E-state index in [0.717, 1.165) is 24.3 Å². The Hall–Kier alpha value is -1.66. The fourth-order valence-electron chi connectivity index (χ4n) is 1.92. The summed E-state index contributed by atoms with van der Waals surface area (Å²) in [6.07, 6.45) is -20.8. The van der Waals surface area contributed by atoms with Crippen molar-refractivity contribution in [2.24, 2.45) is 5.92 Å². The van der Waals surface area contributed by atoms with Crippen molar-refractivity contribution in [3.05, 3.63) is 35.9 Å². The highest BCUT2D eigenvalue weighted by Gasteiger charge is 2.83. The fourth-order valence-corrected chi connectivity index (χ4v) is 1.92. The van der Waals surface area contributed by atoms with E-state index in [2.05, 4.69) is 4.74 Å². The average Bonchev–Trinajstić information content (AvgIpc) is 2.41. The highest BCUT2D eigenvalue weighted by molar-refractivity contribution is 5.14. The molecule has 0 radical (unpaired) electrons. The van der Waals surface area contributed by atoms with Crippen LogP contribution in [0, 0.1) is 5.92 Å². The van der Waals surface area contributed by atoms with Gasteiger partial charge in [-0.1, -0.05) is 30.3 Å². The minimum absolute atomic E-state index is 0.435. The molecule has 1 unspecified atom stereocenters. The van der Waals surface area contributed by atoms with Gasteiger partial charge in [0.15, 0.2) is 0 Å². The Morgan fingerprint density at radius 3 is 1.46 bits per heavy atom. The lowest BCUT2D eigenvalue weighted by molar-refractivity contribution is -0.449. The first-order valence-corrected chi connectivity index (χ1v) is 6.39. The van der Waals surface area contributed by atoms with E-state index >= 15 is 0 Å². The molecule has 0 heterocycles. The van der Waals surface area contributed by atoms with Gasteiger partial charge in [0.25, 0.3) is 0 Å². The maximum atomic E-state index is 14.3. The number of ether oxygens (including phenoxy) is 1. The molecule has 1 rings (SSSR count). The summed E-state index contributed by atoms with van der Waals surface area (Å²) in [4.78, 5) is 0. The minimum atomic E-state index is -7.12. The van der Waals surface area contributed by atoms with E-state index in [0.29, 0.717) is 0 Å². The summed E-state index contributed by atoms with van der Waals surface area (Å²) in [5, 5.41) is 0. The third kappa shape index (κ3) is 4.35. The van der Waals surface area contributed by atoms with E-state index in [9.17, 15) is 52.7 Å². The van der Waals surface area contributed by atoms with Gasteiger partial charge in [-0.3, -0.25) is 0 Å². The Kier molecular flexibility index (Phi) is 5.87. The largest absolute Gasteiger partial charge is 0.459 e. The van der Waals surface area contributed by atoms with Crippen LogP contribution in [0.5, 0.6) is 0 Å². The predicted molar refractivity (Wildman–Crippen MR) is 61.7 cm³/mol. The first-order valence-electron chi connectivity index (χ1n) is 6.39. The topological polar surface area (TPSA) is 9.23 Å². The van der Waals surface area contributed by atoms with Crippen molar-refractivity contribution in [2.45, 2.75) is 36.9 Å². The molecule has 26 heavy (non-hydrogen) atoms. The van der Waals surface area contributed by atoms with Crippen molar-refractivity contribution < 1.29 is 57.4 Å². The Morgan fingerprint density at radius 2 is 1.12 bits per heavy atom. The molecule has 0 aliphatic heterocycles. The van der Waals surface area contributed by atoms with E-state index in [1.807, 2.05) is 0 Å². The van der Waals surface area contributed by atoms with Gasteiger partial charge in [-0.2, -0.15) is 48.3 Å². The molecule has 0 aliphatic rings. The summed E-state index contributed by atoms with van der Waals surface area (Å²) in [7, 11) is 0. The molecule has 1 aromatic carbocycles. The molecule has 0 saturated heterocycles. The molecular formula is C13H8F12O. The van der Waals surface area contributed by atoms with Crippen LogP contribution in [-0.2, 0) is 11.3 Å². The molecule has 13 heteroatoms. The van der Waals surface area contributed by atoms with E-state index < -0.39 is 48.4 Å². The van der Waals surface area contributed by atoms with Gasteiger partial charge in [0.05, 0.1) is 6.61 Å². The van der Waals surface area contributed by atoms with E-state index in [1.165, 1.54) is 6.07 Å². The Bertz CT molecular complexity index is 574. The monoisotopic (exact) mass is 408 g/mol. The van der Waals surface area contributed by atoms with Crippen molar-refractivity contribution in [1.82, 2.24) is 0 Å².